The third-order valence-electron chi connectivity index (χ3n) is 3.53. The first-order valence-corrected chi connectivity index (χ1v) is 6.42. The van der Waals surface area contributed by atoms with E-state index in [1.54, 1.807) is 0 Å². The zero-order chi connectivity index (χ0) is 9.53. The fourth-order valence-corrected chi connectivity index (χ4v) is 3.87. The summed E-state index contributed by atoms with van der Waals surface area (Å²) in [6, 6.07) is 0.728. The van der Waals surface area contributed by atoms with Crippen LogP contribution in [-0.2, 0) is 0 Å². The third kappa shape index (κ3) is 2.04. The molecule has 0 aromatic rings. The lowest BCUT2D eigenvalue weighted by Gasteiger charge is -2.41. The van der Waals surface area contributed by atoms with Crippen LogP contribution in [0.15, 0.2) is 0 Å². The van der Waals surface area contributed by atoms with Crippen molar-refractivity contribution in [1.29, 1.82) is 0 Å². The highest BCUT2D eigenvalue weighted by Gasteiger charge is 2.42. The average Bonchev–Trinajstić information content (AvgIpc) is 2.41. The van der Waals surface area contributed by atoms with E-state index >= 15 is 0 Å². The Hall–Kier alpha value is 0.310. The van der Waals surface area contributed by atoms with Gasteiger partial charge < -0.3 is 0 Å². The topological polar surface area (TPSA) is 12.0 Å². The van der Waals surface area contributed by atoms with Gasteiger partial charge >= 0.3 is 0 Å². The molecule has 1 atom stereocenters. The van der Waals surface area contributed by atoms with Gasteiger partial charge in [-0.05, 0) is 38.0 Å². The van der Waals surface area contributed by atoms with Gasteiger partial charge in [0.1, 0.15) is 0 Å². The first-order valence-electron chi connectivity index (χ1n) is 5.43. The van der Waals surface area contributed by atoms with Crippen LogP contribution in [0.2, 0.25) is 0 Å². The Morgan fingerprint density at radius 2 is 1.77 bits per heavy atom. The molecule has 1 unspecified atom stereocenters. The average molecular weight is 199 g/mol. The molecule has 0 radical (unpaired) electrons. The van der Waals surface area contributed by atoms with Crippen molar-refractivity contribution in [2.24, 2.45) is 5.41 Å². The molecule has 1 spiro atoms. The highest BCUT2D eigenvalue weighted by Crippen LogP contribution is 2.47. The summed E-state index contributed by atoms with van der Waals surface area (Å²) in [5.41, 5.74) is 0.597. The molecule has 1 N–H and O–H groups in total. The van der Waals surface area contributed by atoms with Crippen LogP contribution >= 0.6 is 11.8 Å². The SMILES string of the molecule is CC1CSC2(CCC(C)(C)CC2)N1. The Labute approximate surface area is 86.0 Å². The maximum atomic E-state index is 3.77. The van der Waals surface area contributed by atoms with E-state index in [-0.39, 0.29) is 0 Å². The van der Waals surface area contributed by atoms with Crippen LogP contribution in [0, 0.1) is 5.41 Å². The molecule has 0 bridgehead atoms. The van der Waals surface area contributed by atoms with Crippen molar-refractivity contribution >= 4 is 11.8 Å². The molecule has 2 rings (SSSR count). The van der Waals surface area contributed by atoms with Gasteiger partial charge in [-0.1, -0.05) is 13.8 Å². The Kier molecular flexibility index (Phi) is 2.40. The summed E-state index contributed by atoms with van der Waals surface area (Å²) in [5.74, 6) is 1.31. The van der Waals surface area contributed by atoms with Crippen molar-refractivity contribution in [3.63, 3.8) is 0 Å². The molecule has 2 fully saturated rings. The predicted molar refractivity (Wildman–Crippen MR) is 60.0 cm³/mol. The third-order valence-corrected chi connectivity index (χ3v) is 5.28. The quantitative estimate of drug-likeness (QED) is 0.643. The highest BCUT2D eigenvalue weighted by atomic mass is 32.2. The molecule has 76 valence electrons. The molecular weight excluding hydrogens is 178 g/mol. The van der Waals surface area contributed by atoms with Gasteiger partial charge in [-0.3, -0.25) is 5.32 Å². The van der Waals surface area contributed by atoms with Crippen molar-refractivity contribution in [2.45, 2.75) is 57.4 Å². The van der Waals surface area contributed by atoms with Crippen molar-refractivity contribution < 1.29 is 0 Å². The molecule has 1 heterocycles. The maximum absolute atomic E-state index is 3.77. The van der Waals surface area contributed by atoms with Crippen molar-refractivity contribution in [1.82, 2.24) is 5.32 Å². The van der Waals surface area contributed by atoms with Gasteiger partial charge in [0.05, 0.1) is 4.87 Å². The summed E-state index contributed by atoms with van der Waals surface area (Å²) in [7, 11) is 0. The van der Waals surface area contributed by atoms with E-state index in [2.05, 4.69) is 37.8 Å². The first-order chi connectivity index (χ1) is 6.02. The molecule has 0 amide bonds. The summed E-state index contributed by atoms with van der Waals surface area (Å²) in [6.45, 7) is 7.12. The molecular formula is C11H21NS. The predicted octanol–water partition coefficient (Wildman–Crippen LogP) is 3.01. The lowest BCUT2D eigenvalue weighted by molar-refractivity contribution is 0.190. The summed E-state index contributed by atoms with van der Waals surface area (Å²) >= 11 is 2.16. The lowest BCUT2D eigenvalue weighted by atomic mass is 9.75. The minimum Gasteiger partial charge on any atom is -0.299 e. The van der Waals surface area contributed by atoms with E-state index in [1.165, 1.54) is 31.4 Å². The fraction of sp³-hybridized carbons (Fsp3) is 1.00. The molecule has 13 heavy (non-hydrogen) atoms. The second-order valence-corrected chi connectivity index (χ2v) is 6.92. The normalized spacial score (nSPS) is 36.7. The van der Waals surface area contributed by atoms with Gasteiger partial charge in [0.25, 0.3) is 0 Å². The van der Waals surface area contributed by atoms with Gasteiger partial charge in [0.15, 0.2) is 0 Å². The lowest BCUT2D eigenvalue weighted by Crippen LogP contribution is -2.44. The second-order valence-electron chi connectivity index (χ2n) is 5.51. The molecule has 1 nitrogen and oxygen atoms in total. The number of nitrogens with one attached hydrogen (secondary N) is 1. The van der Waals surface area contributed by atoms with Crippen LogP contribution in [0.25, 0.3) is 0 Å². The molecule has 0 aromatic carbocycles. The van der Waals surface area contributed by atoms with Crippen molar-refractivity contribution in [3.05, 3.63) is 0 Å². The van der Waals surface area contributed by atoms with Gasteiger partial charge in [-0.25, -0.2) is 0 Å². The van der Waals surface area contributed by atoms with Crippen LogP contribution < -0.4 is 5.32 Å². The van der Waals surface area contributed by atoms with Crippen LogP contribution in [0.3, 0.4) is 0 Å². The molecule has 1 aliphatic carbocycles. The van der Waals surface area contributed by atoms with E-state index in [0.717, 1.165) is 6.04 Å². The Morgan fingerprint density at radius 1 is 1.15 bits per heavy atom. The fourth-order valence-electron chi connectivity index (χ4n) is 2.44. The van der Waals surface area contributed by atoms with Crippen LogP contribution in [-0.4, -0.2) is 16.7 Å². The zero-order valence-corrected chi connectivity index (χ0v) is 9.84. The van der Waals surface area contributed by atoms with Crippen molar-refractivity contribution in [3.8, 4) is 0 Å². The molecule has 1 saturated heterocycles. The van der Waals surface area contributed by atoms with Gasteiger partial charge in [-0.2, -0.15) is 0 Å². The zero-order valence-electron chi connectivity index (χ0n) is 9.02. The molecule has 0 aromatic heterocycles. The number of hydrogen-bond acceptors (Lipinski definition) is 2. The van der Waals surface area contributed by atoms with E-state index in [0.29, 0.717) is 10.3 Å². The monoisotopic (exact) mass is 199 g/mol. The van der Waals surface area contributed by atoms with E-state index in [9.17, 15) is 0 Å². The smallest absolute Gasteiger partial charge is 0.0648 e. The second kappa shape index (κ2) is 3.16. The summed E-state index contributed by atoms with van der Waals surface area (Å²) in [6.07, 6.45) is 5.52. The van der Waals surface area contributed by atoms with Gasteiger partial charge in [0.2, 0.25) is 0 Å². The first kappa shape index (κ1) is 9.85. The van der Waals surface area contributed by atoms with Crippen molar-refractivity contribution in [2.75, 3.05) is 5.75 Å². The Balaban J connectivity index is 1.97. The van der Waals surface area contributed by atoms with Crippen LogP contribution in [0.5, 0.6) is 0 Å². The number of thioether (sulfide) groups is 1. The Bertz CT molecular complexity index is 190. The molecule has 2 heteroatoms. The van der Waals surface area contributed by atoms with E-state index < -0.39 is 0 Å². The molecule has 1 aliphatic heterocycles. The minimum atomic E-state index is 0.467. The highest BCUT2D eigenvalue weighted by molar-refractivity contribution is 8.00. The summed E-state index contributed by atoms with van der Waals surface area (Å²) < 4.78 is 0. The number of hydrogen-bond donors (Lipinski definition) is 1. The minimum absolute atomic E-state index is 0.467. The molecule has 2 aliphatic rings. The number of rotatable bonds is 0. The summed E-state index contributed by atoms with van der Waals surface area (Å²) in [4.78, 5) is 0.467. The molecule has 1 saturated carbocycles. The summed E-state index contributed by atoms with van der Waals surface area (Å²) in [5, 5.41) is 3.77. The maximum Gasteiger partial charge on any atom is 0.0648 e. The Morgan fingerprint density at radius 3 is 2.23 bits per heavy atom. The van der Waals surface area contributed by atoms with E-state index in [4.69, 9.17) is 0 Å². The van der Waals surface area contributed by atoms with Crippen LogP contribution in [0.1, 0.15) is 46.5 Å². The standard InChI is InChI=1S/C11H21NS/c1-9-8-13-11(12-9)6-4-10(2,3)5-7-11/h9,12H,4-8H2,1-3H3. The van der Waals surface area contributed by atoms with Gasteiger partial charge in [0, 0.05) is 11.8 Å². The van der Waals surface area contributed by atoms with Gasteiger partial charge in [-0.15, -0.1) is 11.8 Å². The largest absolute Gasteiger partial charge is 0.299 e. The van der Waals surface area contributed by atoms with Crippen LogP contribution in [0.4, 0.5) is 0 Å². The van der Waals surface area contributed by atoms with E-state index in [1.807, 2.05) is 0 Å².